The lowest BCUT2D eigenvalue weighted by atomic mass is 10.0. The van der Waals surface area contributed by atoms with Crippen molar-refractivity contribution in [3.63, 3.8) is 0 Å². The van der Waals surface area contributed by atoms with Crippen LogP contribution in [0.2, 0.25) is 0 Å². The highest BCUT2D eigenvalue weighted by molar-refractivity contribution is 5.78. The second-order valence-electron chi connectivity index (χ2n) is 13.8. The number of H-pyrrole nitrogens is 2. The van der Waals surface area contributed by atoms with Gasteiger partial charge in [-0.3, -0.25) is 0 Å². The molecule has 0 atom stereocenters. The molecule has 42 heavy (non-hydrogen) atoms. The lowest BCUT2D eigenvalue weighted by Gasteiger charge is -2.22. The van der Waals surface area contributed by atoms with Crippen LogP contribution in [-0.2, 0) is 33.4 Å². The minimum absolute atomic E-state index is 0.422. The summed E-state index contributed by atoms with van der Waals surface area (Å²) in [5, 5.41) is 6.04. The van der Waals surface area contributed by atoms with Crippen molar-refractivity contribution in [2.45, 2.75) is 102 Å². The first-order valence-electron chi connectivity index (χ1n) is 14.7. The van der Waals surface area contributed by atoms with E-state index >= 15 is 0 Å². The number of alkyl carbamates (subject to hydrolysis) is 2. The Bertz CT molecular complexity index is 1540. The summed E-state index contributed by atoms with van der Waals surface area (Å²) in [7, 11) is 0. The van der Waals surface area contributed by atoms with Gasteiger partial charge >= 0.3 is 12.2 Å². The molecule has 0 radical (unpaired) electrons. The number of carbonyl (C=O) groups excluding carboxylic acids is 2. The zero-order valence-corrected chi connectivity index (χ0v) is 25.2. The van der Waals surface area contributed by atoms with Gasteiger partial charge in [0.25, 0.3) is 0 Å². The number of nitrogens with zero attached hydrogens (tertiary/aromatic N) is 2. The lowest BCUT2D eigenvalue weighted by Crippen LogP contribution is -2.39. The van der Waals surface area contributed by atoms with Gasteiger partial charge in [0.1, 0.15) is 33.9 Å². The summed E-state index contributed by atoms with van der Waals surface area (Å²) in [5.74, 6) is 1.55. The van der Waals surface area contributed by atoms with E-state index in [0.717, 1.165) is 72.2 Å². The van der Waals surface area contributed by atoms with E-state index in [0.29, 0.717) is 0 Å². The van der Waals surface area contributed by atoms with Crippen LogP contribution in [0.4, 0.5) is 9.59 Å². The Morgan fingerprint density at radius 2 is 1.10 bits per heavy atom. The fraction of sp³-hybridized carbons (Fsp3) is 0.500. The molecular weight excluding hydrogens is 532 g/mol. The summed E-state index contributed by atoms with van der Waals surface area (Å²) in [6, 6.07) is 12.6. The third-order valence-corrected chi connectivity index (χ3v) is 7.68. The molecule has 0 bridgehead atoms. The minimum atomic E-state index is -0.550. The van der Waals surface area contributed by atoms with Crippen molar-refractivity contribution in [2.75, 3.05) is 0 Å². The lowest BCUT2D eigenvalue weighted by molar-refractivity contribution is 0.0480. The highest BCUT2D eigenvalue weighted by Crippen LogP contribution is 2.45. The smallest absolute Gasteiger partial charge is 0.408 e. The van der Waals surface area contributed by atoms with Gasteiger partial charge in [0.15, 0.2) is 0 Å². The van der Waals surface area contributed by atoms with E-state index in [9.17, 15) is 9.59 Å². The van der Waals surface area contributed by atoms with Crippen LogP contribution < -0.4 is 10.6 Å². The number of imidazole rings is 2. The number of rotatable bonds is 7. The van der Waals surface area contributed by atoms with Crippen LogP contribution in [0.5, 0.6) is 0 Å². The average Bonchev–Trinajstić information content (AvgIpc) is 3.73. The number of ether oxygens (including phenoxy) is 2. The molecule has 6 rings (SSSR count). The van der Waals surface area contributed by atoms with E-state index in [1.165, 1.54) is 11.1 Å². The zero-order valence-electron chi connectivity index (χ0n) is 25.2. The molecule has 2 aromatic heterocycles. The van der Waals surface area contributed by atoms with Crippen LogP contribution in [0.25, 0.3) is 22.1 Å². The number of amides is 2. The predicted octanol–water partition coefficient (Wildman–Crippen LogP) is 6.25. The molecule has 2 aliphatic carbocycles. The predicted molar refractivity (Wildman–Crippen MR) is 160 cm³/mol. The van der Waals surface area contributed by atoms with Crippen molar-refractivity contribution < 1.29 is 19.1 Å². The van der Waals surface area contributed by atoms with Gasteiger partial charge in [-0.05, 0) is 115 Å². The number of carbonyl (C=O) groups is 2. The number of nitrogens with one attached hydrogen (secondary N) is 4. The molecule has 10 nitrogen and oxygen atoms in total. The Hall–Kier alpha value is -4.08. The average molecular weight is 573 g/mol. The van der Waals surface area contributed by atoms with Gasteiger partial charge < -0.3 is 30.1 Å². The molecule has 4 N–H and O–H groups in total. The van der Waals surface area contributed by atoms with Crippen molar-refractivity contribution in [1.82, 2.24) is 30.6 Å². The van der Waals surface area contributed by atoms with Crippen molar-refractivity contribution in [2.24, 2.45) is 0 Å². The molecule has 0 aliphatic heterocycles. The first-order valence-corrected chi connectivity index (χ1v) is 14.7. The molecule has 2 heterocycles. The molecule has 2 fully saturated rings. The van der Waals surface area contributed by atoms with Crippen molar-refractivity contribution >= 4 is 34.3 Å². The molecule has 2 amide bonds. The highest BCUT2D eigenvalue weighted by atomic mass is 16.6. The Kier molecular flexibility index (Phi) is 6.51. The van der Waals surface area contributed by atoms with Crippen molar-refractivity contribution in [3.05, 3.63) is 59.2 Å². The molecule has 2 aliphatic rings. The number of benzene rings is 2. The maximum atomic E-state index is 12.4. The van der Waals surface area contributed by atoms with Crippen LogP contribution in [0.15, 0.2) is 36.4 Å². The number of hydrogen-bond acceptors (Lipinski definition) is 6. The Morgan fingerprint density at radius 1 is 0.714 bits per heavy atom. The Balaban J connectivity index is 1.11. The van der Waals surface area contributed by atoms with Gasteiger partial charge in [-0.15, -0.1) is 0 Å². The van der Waals surface area contributed by atoms with Gasteiger partial charge in [0.05, 0.1) is 22.1 Å². The summed E-state index contributed by atoms with van der Waals surface area (Å²) < 4.78 is 10.9. The largest absolute Gasteiger partial charge is 0.444 e. The van der Waals surface area contributed by atoms with Gasteiger partial charge in [-0.25, -0.2) is 19.6 Å². The number of aryl methyl sites for hydroxylation is 2. The summed E-state index contributed by atoms with van der Waals surface area (Å²) >= 11 is 0. The minimum Gasteiger partial charge on any atom is -0.444 e. The van der Waals surface area contributed by atoms with E-state index in [2.05, 4.69) is 44.9 Å². The van der Waals surface area contributed by atoms with Gasteiger partial charge in [-0.2, -0.15) is 0 Å². The van der Waals surface area contributed by atoms with E-state index in [1.54, 1.807) is 0 Å². The topological polar surface area (TPSA) is 134 Å². The second-order valence-corrected chi connectivity index (χ2v) is 13.8. The molecule has 10 heteroatoms. The summed E-state index contributed by atoms with van der Waals surface area (Å²) in [5.41, 5.74) is 4.01. The van der Waals surface area contributed by atoms with Crippen LogP contribution in [0.1, 0.15) is 90.0 Å². The quantitative estimate of drug-likeness (QED) is 0.207. The zero-order chi connectivity index (χ0) is 29.9. The highest BCUT2D eigenvalue weighted by Gasteiger charge is 2.50. The standard InChI is InChI=1S/C32H40N6O4/c1-29(2,3)41-27(39)37-31(13-14-31)25-33-21-11-9-19(17-23(21)35-25)7-8-20-10-12-22-24(18-20)36-26(34-22)32(15-16-32)38-28(40)42-30(4,5)6/h9-12,17-18H,7-8,13-16H2,1-6H3,(H,33,35)(H,34,36)(H,37,39)(H,38,40). The third kappa shape index (κ3) is 6.07. The van der Waals surface area contributed by atoms with E-state index in [1.807, 2.05) is 53.7 Å². The van der Waals surface area contributed by atoms with Crippen LogP contribution in [-0.4, -0.2) is 43.3 Å². The van der Waals surface area contributed by atoms with Crippen LogP contribution >= 0.6 is 0 Å². The molecule has 4 aromatic rings. The van der Waals surface area contributed by atoms with Crippen LogP contribution in [0.3, 0.4) is 0 Å². The third-order valence-electron chi connectivity index (χ3n) is 7.68. The van der Waals surface area contributed by atoms with Gasteiger partial charge in [0.2, 0.25) is 0 Å². The van der Waals surface area contributed by atoms with E-state index in [4.69, 9.17) is 19.4 Å². The fourth-order valence-electron chi connectivity index (χ4n) is 5.26. The molecule has 0 saturated heterocycles. The fourth-order valence-corrected chi connectivity index (χ4v) is 5.26. The second kappa shape index (κ2) is 9.74. The molecule has 222 valence electrons. The Morgan fingerprint density at radius 3 is 1.43 bits per heavy atom. The summed E-state index contributed by atoms with van der Waals surface area (Å²) in [6.45, 7) is 11.1. The molecule has 2 aromatic carbocycles. The summed E-state index contributed by atoms with van der Waals surface area (Å²) in [6.07, 6.45) is 4.20. The number of hydrogen-bond donors (Lipinski definition) is 4. The molecule has 0 spiro atoms. The normalized spacial score (nSPS) is 17.2. The number of aromatic amines is 2. The van der Waals surface area contributed by atoms with Crippen molar-refractivity contribution in [3.8, 4) is 0 Å². The maximum absolute atomic E-state index is 12.4. The number of aromatic nitrogens is 4. The molecule has 0 unspecified atom stereocenters. The van der Waals surface area contributed by atoms with Crippen LogP contribution in [0, 0.1) is 0 Å². The molecular formula is C32H40N6O4. The van der Waals surface area contributed by atoms with Crippen molar-refractivity contribution in [1.29, 1.82) is 0 Å². The molecule has 2 saturated carbocycles. The first kappa shape index (κ1) is 28.1. The van der Waals surface area contributed by atoms with E-state index in [-0.39, 0.29) is 0 Å². The van der Waals surface area contributed by atoms with Gasteiger partial charge in [-0.1, -0.05) is 12.1 Å². The monoisotopic (exact) mass is 572 g/mol. The SMILES string of the molecule is CC(C)(C)OC(=O)NC1(c2nc3ccc(CCc4ccc5nc(C6(NC(=O)OC(C)(C)C)CC6)[nH]c5c4)cc3[nH]2)CC1. The number of fused-ring (bicyclic) bond motifs is 2. The van der Waals surface area contributed by atoms with E-state index < -0.39 is 34.5 Å². The Labute approximate surface area is 245 Å². The maximum Gasteiger partial charge on any atom is 0.408 e. The summed E-state index contributed by atoms with van der Waals surface area (Å²) in [4.78, 5) is 41.2. The van der Waals surface area contributed by atoms with Gasteiger partial charge in [0, 0.05) is 0 Å². The first-order chi connectivity index (χ1) is 19.7.